The molecule has 4 rings (SSSR count). The third-order valence-electron chi connectivity index (χ3n) is 7.54. The predicted molar refractivity (Wildman–Crippen MR) is 158 cm³/mol. The third kappa shape index (κ3) is 8.24. The summed E-state index contributed by atoms with van der Waals surface area (Å²) in [5.41, 5.74) is 3.87. The first-order chi connectivity index (χ1) is 20.1. The number of carbonyl (C=O) groups excluding carboxylic acids is 2. The van der Waals surface area contributed by atoms with E-state index in [1.54, 1.807) is 18.2 Å². The number of aliphatic hydroxyl groups excluding tert-OH is 2. The molecule has 9 heteroatoms. The molecule has 0 aliphatic carbocycles. The van der Waals surface area contributed by atoms with E-state index < -0.39 is 30.4 Å². The summed E-state index contributed by atoms with van der Waals surface area (Å²) in [6.45, 7) is 5.26. The summed E-state index contributed by atoms with van der Waals surface area (Å²) in [6, 6.07) is 24.3. The second kappa shape index (κ2) is 14.5. The lowest BCUT2D eigenvalue weighted by atomic mass is 9.98. The lowest BCUT2D eigenvalue weighted by Gasteiger charge is -2.39. The van der Waals surface area contributed by atoms with E-state index in [0.717, 1.165) is 22.3 Å². The van der Waals surface area contributed by atoms with Crippen LogP contribution in [-0.4, -0.2) is 58.8 Å². The molecule has 1 heterocycles. The van der Waals surface area contributed by atoms with Gasteiger partial charge in [0.1, 0.15) is 0 Å². The van der Waals surface area contributed by atoms with Crippen LogP contribution in [0, 0.1) is 0 Å². The minimum absolute atomic E-state index is 0.0405. The van der Waals surface area contributed by atoms with E-state index in [9.17, 15) is 19.8 Å². The second-order valence-electron chi connectivity index (χ2n) is 10.8. The Bertz CT molecular complexity index is 1320. The van der Waals surface area contributed by atoms with Crippen molar-refractivity contribution in [1.29, 1.82) is 0 Å². The fraction of sp³-hybridized carbons (Fsp3) is 0.394. The average molecular weight is 577 g/mol. The van der Waals surface area contributed by atoms with Gasteiger partial charge in [-0.1, -0.05) is 66.7 Å². The number of hydrogen-bond acceptors (Lipinski definition) is 8. The maximum atomic E-state index is 12.5. The van der Waals surface area contributed by atoms with Gasteiger partial charge in [0.2, 0.25) is 0 Å². The number of carbonyl (C=O) groups is 2. The molecule has 1 saturated heterocycles. The van der Waals surface area contributed by atoms with Gasteiger partial charge >= 0.3 is 5.97 Å². The maximum absolute atomic E-state index is 12.5. The number of esters is 1. The average Bonchev–Trinajstić information content (AvgIpc) is 3.00. The van der Waals surface area contributed by atoms with E-state index in [-0.39, 0.29) is 24.9 Å². The van der Waals surface area contributed by atoms with Gasteiger partial charge in [-0.2, -0.15) is 0 Å². The Morgan fingerprint density at radius 2 is 1.71 bits per heavy atom. The quantitative estimate of drug-likeness (QED) is 0.282. The minimum Gasteiger partial charge on any atom is -0.453 e. The molecule has 42 heavy (non-hydrogen) atoms. The molecule has 3 aromatic carbocycles. The van der Waals surface area contributed by atoms with Crippen LogP contribution in [-0.2, 0) is 30.4 Å². The maximum Gasteiger partial charge on any atom is 0.303 e. The van der Waals surface area contributed by atoms with Gasteiger partial charge in [-0.15, -0.1) is 0 Å². The summed E-state index contributed by atoms with van der Waals surface area (Å²) in [7, 11) is 1.97. The zero-order valence-corrected chi connectivity index (χ0v) is 24.5. The number of ether oxygens (including phenoxy) is 3. The van der Waals surface area contributed by atoms with Crippen molar-refractivity contribution in [3.63, 3.8) is 0 Å². The molecule has 0 saturated carbocycles. The lowest BCUT2D eigenvalue weighted by molar-refractivity contribution is -0.253. The van der Waals surface area contributed by atoms with Crippen LogP contribution in [0.4, 0.5) is 5.69 Å². The number of amides is 1. The molecule has 0 radical (unpaired) electrons. The molecular weight excluding hydrogens is 536 g/mol. The van der Waals surface area contributed by atoms with E-state index in [2.05, 4.69) is 10.2 Å². The molecule has 0 aromatic heterocycles. The monoisotopic (exact) mass is 576 g/mol. The van der Waals surface area contributed by atoms with Crippen molar-refractivity contribution in [2.45, 2.75) is 70.5 Å². The number of aliphatic hydroxyl groups is 2. The molecule has 6 atom stereocenters. The zero-order chi connectivity index (χ0) is 30.2. The number of hydrogen-bond donors (Lipinski definition) is 3. The Labute approximate surface area is 247 Å². The van der Waals surface area contributed by atoms with Gasteiger partial charge in [0, 0.05) is 37.2 Å². The normalized spacial score (nSPS) is 20.9. The van der Waals surface area contributed by atoms with Crippen LogP contribution in [0.25, 0.3) is 0 Å². The molecule has 3 N–H and O–H groups in total. The van der Waals surface area contributed by atoms with Crippen LogP contribution in [0.5, 0.6) is 0 Å². The lowest BCUT2D eigenvalue weighted by Crippen LogP contribution is -2.43. The SMILES string of the molecule is CC(=O)O[C@@H](C)C(=O)Nc1cccc([C@H]2O[C@@H](CN(C)[C@@H](C)[C@H](O)c3ccccc3)C[C@@H](c3ccc(CO)cc3)O2)c1. The first-order valence-corrected chi connectivity index (χ1v) is 14.2. The van der Waals surface area contributed by atoms with Crippen molar-refractivity contribution in [3.8, 4) is 0 Å². The van der Waals surface area contributed by atoms with Crippen LogP contribution >= 0.6 is 0 Å². The van der Waals surface area contributed by atoms with Crippen LogP contribution in [0.3, 0.4) is 0 Å². The molecule has 1 amide bonds. The highest BCUT2D eigenvalue weighted by Gasteiger charge is 2.34. The predicted octanol–water partition coefficient (Wildman–Crippen LogP) is 4.67. The summed E-state index contributed by atoms with van der Waals surface area (Å²) in [5, 5.41) is 23.3. The highest BCUT2D eigenvalue weighted by atomic mass is 16.7. The Balaban J connectivity index is 1.53. The molecular formula is C33H40N2O7. The van der Waals surface area contributed by atoms with Gasteiger partial charge < -0.3 is 29.7 Å². The number of benzene rings is 3. The standard InChI is InChI=1S/C33H40N2O7/c1-21(31(38)26-9-6-5-7-10-26)35(4)19-29-18-30(25-15-13-24(20-36)14-16-25)42-33(41-29)27-11-8-12-28(17-27)34-32(39)22(2)40-23(3)37/h5-17,21-22,29-31,33,36,38H,18-20H2,1-4H3,(H,34,39)/t21-,22-,29+,30-,31-,33-/m0/s1. The molecule has 0 bridgehead atoms. The molecule has 9 nitrogen and oxygen atoms in total. The Kier molecular flexibility index (Phi) is 10.8. The van der Waals surface area contributed by atoms with Gasteiger partial charge in [0.15, 0.2) is 12.4 Å². The first kappa shape index (κ1) is 31.3. The third-order valence-corrected chi connectivity index (χ3v) is 7.54. The van der Waals surface area contributed by atoms with Crippen LogP contribution < -0.4 is 5.32 Å². The summed E-state index contributed by atoms with van der Waals surface area (Å²) < 4.78 is 17.9. The zero-order valence-electron chi connectivity index (χ0n) is 24.5. The topological polar surface area (TPSA) is 118 Å². The number of nitrogens with zero attached hydrogens (tertiary/aromatic N) is 1. The van der Waals surface area contributed by atoms with Crippen molar-refractivity contribution in [1.82, 2.24) is 4.90 Å². The summed E-state index contributed by atoms with van der Waals surface area (Å²) in [5.74, 6) is -0.977. The highest BCUT2D eigenvalue weighted by Crippen LogP contribution is 2.39. The number of nitrogens with one attached hydrogen (secondary N) is 1. The van der Waals surface area contributed by atoms with E-state index >= 15 is 0 Å². The summed E-state index contributed by atoms with van der Waals surface area (Å²) >= 11 is 0. The van der Waals surface area contributed by atoms with Crippen molar-refractivity contribution in [3.05, 3.63) is 101 Å². The highest BCUT2D eigenvalue weighted by molar-refractivity contribution is 5.95. The van der Waals surface area contributed by atoms with Gasteiger partial charge in [-0.25, -0.2) is 0 Å². The molecule has 1 aliphatic rings. The number of anilines is 1. The van der Waals surface area contributed by atoms with Gasteiger partial charge in [0.05, 0.1) is 24.9 Å². The smallest absolute Gasteiger partial charge is 0.303 e. The van der Waals surface area contributed by atoms with Crippen molar-refractivity contribution in [2.24, 2.45) is 0 Å². The Hall–Kier alpha value is -3.60. The summed E-state index contributed by atoms with van der Waals surface area (Å²) in [4.78, 5) is 25.9. The van der Waals surface area contributed by atoms with Gasteiger partial charge in [-0.05, 0) is 49.7 Å². The van der Waals surface area contributed by atoms with Crippen molar-refractivity contribution in [2.75, 3.05) is 18.9 Å². The molecule has 3 aromatic rings. The fourth-order valence-corrected chi connectivity index (χ4v) is 5.00. The van der Waals surface area contributed by atoms with E-state index in [0.29, 0.717) is 18.7 Å². The molecule has 1 aliphatic heterocycles. The van der Waals surface area contributed by atoms with Crippen LogP contribution in [0.15, 0.2) is 78.9 Å². The molecule has 0 spiro atoms. The van der Waals surface area contributed by atoms with Crippen LogP contribution in [0.2, 0.25) is 0 Å². The van der Waals surface area contributed by atoms with Crippen LogP contribution in [0.1, 0.15) is 67.9 Å². The van der Waals surface area contributed by atoms with E-state index in [4.69, 9.17) is 14.2 Å². The molecule has 0 unspecified atom stereocenters. The van der Waals surface area contributed by atoms with Crippen molar-refractivity contribution >= 4 is 17.6 Å². The van der Waals surface area contributed by atoms with E-state index in [1.807, 2.05) is 74.6 Å². The van der Waals surface area contributed by atoms with E-state index in [1.165, 1.54) is 13.8 Å². The fourth-order valence-electron chi connectivity index (χ4n) is 5.00. The number of rotatable bonds is 11. The Morgan fingerprint density at radius 3 is 2.38 bits per heavy atom. The summed E-state index contributed by atoms with van der Waals surface area (Å²) in [6.07, 6.45) is -2.26. The first-order valence-electron chi connectivity index (χ1n) is 14.2. The minimum atomic E-state index is -0.937. The van der Waals surface area contributed by atoms with Gasteiger partial charge in [0.25, 0.3) is 5.91 Å². The second-order valence-corrected chi connectivity index (χ2v) is 10.8. The molecule has 224 valence electrons. The Morgan fingerprint density at radius 1 is 1.00 bits per heavy atom. The molecule has 1 fully saturated rings. The largest absolute Gasteiger partial charge is 0.453 e. The van der Waals surface area contributed by atoms with Gasteiger partial charge in [-0.3, -0.25) is 14.5 Å². The number of likely N-dealkylation sites (N-methyl/N-ethyl adjacent to an activating group) is 1. The van der Waals surface area contributed by atoms with Crippen molar-refractivity contribution < 1.29 is 34.0 Å².